The normalized spacial score (nSPS) is 12.3. The molecule has 0 aromatic heterocycles. The number of alkyl carbamates (subject to hydrolysis) is 1. The molecule has 24 heavy (non-hydrogen) atoms. The first-order valence-corrected chi connectivity index (χ1v) is 6.82. The number of amides is 1. The number of phenolic OH excluding ortho intramolecular Hbond substituents is 2. The van der Waals surface area contributed by atoms with Crippen molar-refractivity contribution in [2.75, 3.05) is 0 Å². The Morgan fingerprint density at radius 3 is 2.29 bits per heavy atom. The number of aliphatic carboxylic acids is 1. The number of nitrogens with one attached hydrogen (secondary N) is 1. The van der Waals surface area contributed by atoms with E-state index in [4.69, 9.17) is 4.74 Å². The Labute approximate surface area is 136 Å². The van der Waals surface area contributed by atoms with E-state index in [1.807, 2.05) is 0 Å². The lowest BCUT2D eigenvalue weighted by molar-refractivity contribution is -0.385. The van der Waals surface area contributed by atoms with Gasteiger partial charge in [0.25, 0.3) is 5.69 Å². The van der Waals surface area contributed by atoms with Gasteiger partial charge in [0.05, 0.1) is 11.0 Å². The zero-order valence-electron chi connectivity index (χ0n) is 13.3. The van der Waals surface area contributed by atoms with Gasteiger partial charge in [-0.15, -0.1) is 0 Å². The second-order valence-corrected chi connectivity index (χ2v) is 5.97. The number of rotatable bonds is 5. The molecule has 10 heteroatoms. The number of carbonyl (C=O) groups excluding carboxylic acids is 1. The van der Waals surface area contributed by atoms with Gasteiger partial charge in [-0.05, 0) is 26.8 Å². The fraction of sp³-hybridized carbons (Fsp3) is 0.429. The van der Waals surface area contributed by atoms with Crippen LogP contribution in [0.3, 0.4) is 0 Å². The van der Waals surface area contributed by atoms with Crippen molar-refractivity contribution in [1.29, 1.82) is 0 Å². The van der Waals surface area contributed by atoms with Crippen LogP contribution >= 0.6 is 0 Å². The molecule has 4 N–H and O–H groups in total. The molecule has 0 fully saturated rings. The number of carboxylic acid groups (broad SMARTS) is 1. The molecule has 1 aromatic rings. The van der Waals surface area contributed by atoms with Crippen molar-refractivity contribution < 1.29 is 34.6 Å². The molecule has 0 bridgehead atoms. The highest BCUT2D eigenvalue weighted by molar-refractivity contribution is 5.80. The molecular formula is C14H18N2O8. The third kappa shape index (κ3) is 5.30. The molecule has 1 rings (SSSR count). The van der Waals surface area contributed by atoms with E-state index in [1.54, 1.807) is 20.8 Å². The first kappa shape index (κ1) is 19.0. The lowest BCUT2D eigenvalue weighted by Gasteiger charge is -2.22. The van der Waals surface area contributed by atoms with Crippen molar-refractivity contribution in [3.05, 3.63) is 27.8 Å². The fourth-order valence-corrected chi connectivity index (χ4v) is 1.81. The molecule has 1 atom stereocenters. The second-order valence-electron chi connectivity index (χ2n) is 5.97. The Hall–Kier alpha value is -3.04. The Kier molecular flexibility index (Phi) is 5.56. The summed E-state index contributed by atoms with van der Waals surface area (Å²) < 4.78 is 4.94. The van der Waals surface area contributed by atoms with E-state index >= 15 is 0 Å². The number of benzene rings is 1. The summed E-state index contributed by atoms with van der Waals surface area (Å²) in [6.45, 7) is 4.77. The highest BCUT2D eigenvalue weighted by atomic mass is 16.6. The van der Waals surface area contributed by atoms with Gasteiger partial charge < -0.3 is 25.4 Å². The maximum Gasteiger partial charge on any atom is 0.408 e. The van der Waals surface area contributed by atoms with Crippen molar-refractivity contribution >= 4 is 17.7 Å². The summed E-state index contributed by atoms with van der Waals surface area (Å²) in [4.78, 5) is 33.1. The minimum absolute atomic E-state index is 0.168. The van der Waals surface area contributed by atoms with E-state index in [1.165, 1.54) is 0 Å². The van der Waals surface area contributed by atoms with Gasteiger partial charge in [0.1, 0.15) is 11.6 Å². The molecule has 0 saturated carbocycles. The van der Waals surface area contributed by atoms with Crippen LogP contribution in [-0.2, 0) is 16.0 Å². The topological polar surface area (TPSA) is 159 Å². The van der Waals surface area contributed by atoms with Gasteiger partial charge in [-0.1, -0.05) is 0 Å². The van der Waals surface area contributed by atoms with E-state index < -0.39 is 52.2 Å². The standard InChI is InChI=1S/C14H18N2O8/c1-14(2,3)24-13(21)15-8(12(19)20)4-7-5-10(17)11(18)6-9(7)16(22)23/h5-6,8,17-18H,4H2,1-3H3,(H,15,21)(H,19,20). The SMILES string of the molecule is CC(C)(C)OC(=O)NC(Cc1cc(O)c(O)cc1[N+](=O)[O-])C(=O)O. The van der Waals surface area contributed by atoms with E-state index in [-0.39, 0.29) is 5.56 Å². The lowest BCUT2D eigenvalue weighted by atomic mass is 10.0. The van der Waals surface area contributed by atoms with Crippen LogP contribution in [-0.4, -0.2) is 43.9 Å². The quantitative estimate of drug-likeness (QED) is 0.356. The Morgan fingerprint density at radius 2 is 1.83 bits per heavy atom. The van der Waals surface area contributed by atoms with Crippen LogP contribution < -0.4 is 5.32 Å². The number of nitro benzene ring substituents is 1. The molecule has 1 unspecified atom stereocenters. The molecule has 0 aliphatic rings. The van der Waals surface area contributed by atoms with Crippen LogP contribution in [0.15, 0.2) is 12.1 Å². The summed E-state index contributed by atoms with van der Waals surface area (Å²) in [5, 5.41) is 41.1. The van der Waals surface area contributed by atoms with Gasteiger partial charge in [-0.3, -0.25) is 10.1 Å². The van der Waals surface area contributed by atoms with Crippen molar-refractivity contribution in [3.63, 3.8) is 0 Å². The predicted molar refractivity (Wildman–Crippen MR) is 80.9 cm³/mol. The third-order valence-corrected chi connectivity index (χ3v) is 2.79. The molecule has 0 radical (unpaired) electrons. The van der Waals surface area contributed by atoms with Gasteiger partial charge in [-0.25, -0.2) is 9.59 Å². The molecule has 0 saturated heterocycles. The summed E-state index contributed by atoms with van der Waals surface area (Å²) in [5.74, 6) is -2.79. The smallest absolute Gasteiger partial charge is 0.408 e. The van der Waals surface area contributed by atoms with E-state index in [2.05, 4.69) is 5.32 Å². The molecule has 0 spiro atoms. The Balaban J connectivity index is 3.05. The van der Waals surface area contributed by atoms with Crippen LogP contribution in [0.4, 0.5) is 10.5 Å². The van der Waals surface area contributed by atoms with Gasteiger partial charge in [0.2, 0.25) is 0 Å². The monoisotopic (exact) mass is 342 g/mol. The van der Waals surface area contributed by atoms with Gasteiger partial charge in [0.15, 0.2) is 11.5 Å². The number of hydrogen-bond acceptors (Lipinski definition) is 7. The summed E-state index contributed by atoms with van der Waals surface area (Å²) >= 11 is 0. The minimum atomic E-state index is -1.53. The zero-order chi connectivity index (χ0) is 18.7. The van der Waals surface area contributed by atoms with Crippen molar-refractivity contribution in [2.24, 2.45) is 0 Å². The van der Waals surface area contributed by atoms with Crippen LogP contribution in [0.25, 0.3) is 0 Å². The number of ether oxygens (including phenoxy) is 1. The van der Waals surface area contributed by atoms with Crippen LogP contribution in [0.1, 0.15) is 26.3 Å². The molecule has 132 valence electrons. The first-order valence-electron chi connectivity index (χ1n) is 6.82. The number of carbonyl (C=O) groups is 2. The van der Waals surface area contributed by atoms with Gasteiger partial charge >= 0.3 is 12.1 Å². The average Bonchev–Trinajstić information content (AvgIpc) is 2.39. The van der Waals surface area contributed by atoms with Gasteiger partial charge in [-0.2, -0.15) is 0 Å². The number of carboxylic acids is 1. The predicted octanol–water partition coefficient (Wildman–Crippen LogP) is 1.53. The Bertz CT molecular complexity index is 665. The van der Waals surface area contributed by atoms with Crippen molar-refractivity contribution in [1.82, 2.24) is 5.32 Å². The number of aromatic hydroxyl groups is 2. The highest BCUT2D eigenvalue weighted by Crippen LogP contribution is 2.33. The van der Waals surface area contributed by atoms with E-state index in [9.17, 15) is 35.0 Å². The Morgan fingerprint density at radius 1 is 1.29 bits per heavy atom. The summed E-state index contributed by atoms with van der Waals surface area (Å²) in [6, 6.07) is 0.0551. The molecule has 10 nitrogen and oxygen atoms in total. The average molecular weight is 342 g/mol. The molecular weight excluding hydrogens is 324 g/mol. The maximum absolute atomic E-state index is 11.7. The molecule has 0 heterocycles. The van der Waals surface area contributed by atoms with Gasteiger partial charge in [0, 0.05) is 12.0 Å². The molecule has 0 aliphatic heterocycles. The molecule has 1 aromatic carbocycles. The van der Waals surface area contributed by atoms with Crippen molar-refractivity contribution in [2.45, 2.75) is 38.8 Å². The van der Waals surface area contributed by atoms with Crippen LogP contribution in [0.5, 0.6) is 11.5 Å². The van der Waals surface area contributed by atoms with Crippen LogP contribution in [0.2, 0.25) is 0 Å². The highest BCUT2D eigenvalue weighted by Gasteiger charge is 2.28. The molecule has 0 aliphatic carbocycles. The summed E-state index contributed by atoms with van der Waals surface area (Å²) in [6.07, 6.45) is -1.49. The number of phenols is 2. The molecule has 1 amide bonds. The zero-order valence-corrected chi connectivity index (χ0v) is 13.3. The first-order chi connectivity index (χ1) is 10.9. The third-order valence-electron chi connectivity index (χ3n) is 2.79. The number of nitro groups is 1. The van der Waals surface area contributed by atoms with Crippen LogP contribution in [0, 0.1) is 10.1 Å². The maximum atomic E-state index is 11.7. The minimum Gasteiger partial charge on any atom is -0.504 e. The summed E-state index contributed by atoms with van der Waals surface area (Å²) in [7, 11) is 0. The van der Waals surface area contributed by atoms with E-state index in [0.29, 0.717) is 6.07 Å². The largest absolute Gasteiger partial charge is 0.504 e. The number of hydrogen-bond donors (Lipinski definition) is 4. The summed E-state index contributed by atoms with van der Waals surface area (Å²) in [5.41, 5.74) is -1.60. The van der Waals surface area contributed by atoms with Crippen molar-refractivity contribution in [3.8, 4) is 11.5 Å². The number of nitrogens with zero attached hydrogens (tertiary/aromatic N) is 1. The second kappa shape index (κ2) is 7.02. The lowest BCUT2D eigenvalue weighted by Crippen LogP contribution is -2.44. The fourth-order valence-electron chi connectivity index (χ4n) is 1.81. The van der Waals surface area contributed by atoms with E-state index in [0.717, 1.165) is 6.07 Å².